The zero-order chi connectivity index (χ0) is 21.1. The summed E-state index contributed by atoms with van der Waals surface area (Å²) in [6, 6.07) is 13.9. The van der Waals surface area contributed by atoms with E-state index in [4.69, 9.17) is 0 Å². The zero-order valence-electron chi connectivity index (χ0n) is 17.3. The zero-order valence-corrected chi connectivity index (χ0v) is 17.3. The summed E-state index contributed by atoms with van der Waals surface area (Å²) in [5.41, 5.74) is 2.50. The number of carbonyl (C=O) groups excluding carboxylic acids is 2. The third-order valence-electron chi connectivity index (χ3n) is 5.48. The molecule has 4 rings (SSSR count). The van der Waals surface area contributed by atoms with Crippen LogP contribution in [0.4, 0.5) is 0 Å². The van der Waals surface area contributed by atoms with Crippen LogP contribution in [-0.2, 0) is 11.3 Å². The van der Waals surface area contributed by atoms with Gasteiger partial charge in [-0.15, -0.1) is 10.2 Å². The van der Waals surface area contributed by atoms with Crippen LogP contribution < -0.4 is 5.32 Å². The number of nitrogens with one attached hydrogen (secondary N) is 1. The van der Waals surface area contributed by atoms with Crippen LogP contribution in [-0.4, -0.2) is 69.9 Å². The van der Waals surface area contributed by atoms with E-state index in [2.05, 4.69) is 44.7 Å². The minimum absolute atomic E-state index is 0.0318. The summed E-state index contributed by atoms with van der Waals surface area (Å²) in [7, 11) is 3.32. The number of fused-ring (bicyclic) bond motifs is 1. The first-order valence-electron chi connectivity index (χ1n) is 10.1. The number of hydrogen-bond acceptors (Lipinski definition) is 5. The van der Waals surface area contributed by atoms with E-state index in [9.17, 15) is 9.59 Å². The molecule has 0 spiro atoms. The van der Waals surface area contributed by atoms with Gasteiger partial charge in [-0.25, -0.2) is 0 Å². The van der Waals surface area contributed by atoms with Crippen molar-refractivity contribution in [1.82, 2.24) is 29.7 Å². The lowest BCUT2D eigenvalue weighted by atomic mass is 10.1. The molecule has 30 heavy (non-hydrogen) atoms. The number of amides is 2. The molecular weight excluding hydrogens is 380 g/mol. The van der Waals surface area contributed by atoms with Crippen LogP contribution >= 0.6 is 0 Å². The Balaban J connectivity index is 1.47. The molecule has 2 amide bonds. The largest absolute Gasteiger partial charge is 0.347 e. The van der Waals surface area contributed by atoms with Gasteiger partial charge in [0.2, 0.25) is 5.91 Å². The summed E-state index contributed by atoms with van der Waals surface area (Å²) in [5, 5.41) is 11.4. The molecule has 0 saturated carbocycles. The highest BCUT2D eigenvalue weighted by atomic mass is 16.2. The number of carbonyl (C=O) groups is 2. The van der Waals surface area contributed by atoms with Gasteiger partial charge in [-0.2, -0.15) is 0 Å². The molecule has 2 aromatic heterocycles. The minimum Gasteiger partial charge on any atom is -0.347 e. The van der Waals surface area contributed by atoms with Gasteiger partial charge in [-0.1, -0.05) is 30.3 Å². The van der Waals surface area contributed by atoms with Gasteiger partial charge in [0.1, 0.15) is 5.82 Å². The number of rotatable bonds is 6. The first-order valence-corrected chi connectivity index (χ1v) is 10.1. The number of pyridine rings is 1. The van der Waals surface area contributed by atoms with Crippen molar-refractivity contribution >= 4 is 17.5 Å². The summed E-state index contributed by atoms with van der Waals surface area (Å²) in [6.07, 6.45) is 2.77. The van der Waals surface area contributed by atoms with Crippen LogP contribution in [0.2, 0.25) is 0 Å². The van der Waals surface area contributed by atoms with Crippen LogP contribution in [0.3, 0.4) is 0 Å². The van der Waals surface area contributed by atoms with Gasteiger partial charge < -0.3 is 10.2 Å². The lowest BCUT2D eigenvalue weighted by molar-refractivity contribution is -0.127. The molecule has 1 aliphatic heterocycles. The molecule has 3 aromatic rings. The van der Waals surface area contributed by atoms with Crippen molar-refractivity contribution in [3.05, 3.63) is 65.6 Å². The van der Waals surface area contributed by atoms with E-state index in [-0.39, 0.29) is 24.3 Å². The molecule has 0 radical (unpaired) electrons. The topological polar surface area (TPSA) is 82.8 Å². The summed E-state index contributed by atoms with van der Waals surface area (Å²) in [5.74, 6) is 0.694. The van der Waals surface area contributed by atoms with E-state index in [0.29, 0.717) is 11.2 Å². The van der Waals surface area contributed by atoms with Crippen molar-refractivity contribution in [2.75, 3.05) is 33.7 Å². The fraction of sp³-hybridized carbons (Fsp3) is 0.364. The average Bonchev–Trinajstić information content (AvgIpc) is 3.38. The summed E-state index contributed by atoms with van der Waals surface area (Å²) in [4.78, 5) is 28.1. The second-order valence-corrected chi connectivity index (χ2v) is 7.88. The van der Waals surface area contributed by atoms with Crippen molar-refractivity contribution in [3.63, 3.8) is 0 Å². The number of nitrogens with zero attached hydrogens (tertiary/aromatic N) is 5. The van der Waals surface area contributed by atoms with Gasteiger partial charge in [-0.3, -0.25) is 18.9 Å². The highest BCUT2D eigenvalue weighted by molar-refractivity contribution is 5.96. The molecule has 1 aliphatic rings. The van der Waals surface area contributed by atoms with Crippen molar-refractivity contribution in [3.8, 4) is 0 Å². The number of likely N-dealkylation sites (N-methyl/N-ethyl adjacent to an activating group) is 1. The van der Waals surface area contributed by atoms with Crippen LogP contribution in [0.15, 0.2) is 48.7 Å². The SMILES string of the molecule is CN(C)C(=O)CNC(=O)c1ccc2nnc(C3CCN(Cc4ccccc4)C3)n2c1. The second-order valence-electron chi connectivity index (χ2n) is 7.88. The number of hydrogen-bond donors (Lipinski definition) is 1. The Morgan fingerprint density at radius 1 is 1.13 bits per heavy atom. The summed E-state index contributed by atoms with van der Waals surface area (Å²) >= 11 is 0. The molecule has 1 unspecified atom stereocenters. The predicted molar refractivity (Wildman–Crippen MR) is 113 cm³/mol. The second kappa shape index (κ2) is 8.62. The van der Waals surface area contributed by atoms with Gasteiger partial charge in [0, 0.05) is 39.3 Å². The van der Waals surface area contributed by atoms with E-state index in [1.165, 1.54) is 10.5 Å². The molecule has 0 bridgehead atoms. The van der Waals surface area contributed by atoms with Gasteiger partial charge in [0.05, 0.1) is 12.1 Å². The quantitative estimate of drug-likeness (QED) is 0.671. The van der Waals surface area contributed by atoms with Crippen molar-refractivity contribution in [2.45, 2.75) is 18.9 Å². The van der Waals surface area contributed by atoms with E-state index in [0.717, 1.165) is 31.9 Å². The van der Waals surface area contributed by atoms with Crippen LogP contribution in [0.25, 0.3) is 5.65 Å². The predicted octanol–water partition coefficient (Wildman–Crippen LogP) is 1.54. The third kappa shape index (κ3) is 4.33. The Morgan fingerprint density at radius 2 is 1.93 bits per heavy atom. The average molecular weight is 406 g/mol. The summed E-state index contributed by atoms with van der Waals surface area (Å²) in [6.45, 7) is 2.79. The van der Waals surface area contributed by atoms with Crippen LogP contribution in [0.1, 0.15) is 34.1 Å². The highest BCUT2D eigenvalue weighted by Crippen LogP contribution is 2.27. The van der Waals surface area contributed by atoms with Crippen LogP contribution in [0.5, 0.6) is 0 Å². The Labute approximate surface area is 175 Å². The first-order chi connectivity index (χ1) is 14.5. The number of aromatic nitrogens is 3. The molecule has 8 heteroatoms. The molecular formula is C22H26N6O2. The maximum atomic E-state index is 12.5. The fourth-order valence-corrected chi connectivity index (χ4v) is 3.77. The molecule has 1 fully saturated rings. The summed E-state index contributed by atoms with van der Waals surface area (Å²) < 4.78 is 1.90. The molecule has 156 valence electrons. The lowest BCUT2D eigenvalue weighted by Crippen LogP contribution is -2.36. The van der Waals surface area contributed by atoms with Gasteiger partial charge in [-0.05, 0) is 30.7 Å². The third-order valence-corrected chi connectivity index (χ3v) is 5.48. The molecule has 1 aromatic carbocycles. The maximum Gasteiger partial charge on any atom is 0.253 e. The van der Waals surface area contributed by atoms with Gasteiger partial charge in [0.25, 0.3) is 5.91 Å². The van der Waals surface area contributed by atoms with Crippen molar-refractivity contribution in [2.24, 2.45) is 0 Å². The molecule has 3 heterocycles. The molecule has 1 atom stereocenters. The lowest BCUT2D eigenvalue weighted by Gasteiger charge is -2.15. The fourth-order valence-electron chi connectivity index (χ4n) is 3.77. The smallest absolute Gasteiger partial charge is 0.253 e. The van der Waals surface area contributed by atoms with E-state index >= 15 is 0 Å². The normalized spacial score (nSPS) is 16.7. The van der Waals surface area contributed by atoms with Crippen molar-refractivity contribution in [1.29, 1.82) is 0 Å². The number of likely N-dealkylation sites (tertiary alicyclic amines) is 1. The van der Waals surface area contributed by atoms with E-state index < -0.39 is 0 Å². The Bertz CT molecular complexity index is 1050. The van der Waals surface area contributed by atoms with Crippen LogP contribution in [0, 0.1) is 0 Å². The van der Waals surface area contributed by atoms with Gasteiger partial charge in [0.15, 0.2) is 5.65 Å². The van der Waals surface area contributed by atoms with E-state index in [1.807, 2.05) is 10.5 Å². The highest BCUT2D eigenvalue weighted by Gasteiger charge is 2.28. The first kappa shape index (κ1) is 20.0. The minimum atomic E-state index is -0.288. The molecule has 1 saturated heterocycles. The Hall–Kier alpha value is -3.26. The Kier molecular flexibility index (Phi) is 5.76. The Morgan fingerprint density at radius 3 is 2.70 bits per heavy atom. The number of benzene rings is 1. The van der Waals surface area contributed by atoms with Crippen molar-refractivity contribution < 1.29 is 9.59 Å². The van der Waals surface area contributed by atoms with Gasteiger partial charge >= 0.3 is 0 Å². The monoisotopic (exact) mass is 406 g/mol. The standard InChI is InChI=1S/C22H26N6O2/c1-26(2)20(29)12-23-22(30)18-8-9-19-24-25-21(28(19)15-18)17-10-11-27(14-17)13-16-6-4-3-5-7-16/h3-9,15,17H,10-14H2,1-2H3,(H,23,30). The molecule has 8 nitrogen and oxygen atoms in total. The maximum absolute atomic E-state index is 12.5. The molecule has 1 N–H and O–H groups in total. The van der Waals surface area contributed by atoms with E-state index in [1.54, 1.807) is 32.4 Å². The molecule has 0 aliphatic carbocycles.